The highest BCUT2D eigenvalue weighted by Gasteiger charge is 2.18. The SMILES string of the molecule is CCNC(=NCCS(=O)(=O)c1ccccc1F)N(C)Cc1ccccc1. The molecule has 2 aromatic rings. The van der Waals surface area contributed by atoms with E-state index in [0.717, 1.165) is 11.6 Å². The fourth-order valence-corrected chi connectivity index (χ4v) is 3.68. The van der Waals surface area contributed by atoms with Crippen LogP contribution in [0.5, 0.6) is 0 Å². The van der Waals surface area contributed by atoms with Gasteiger partial charge in [0.1, 0.15) is 10.7 Å². The average molecular weight is 377 g/mol. The van der Waals surface area contributed by atoms with Crippen molar-refractivity contribution in [1.29, 1.82) is 0 Å². The minimum absolute atomic E-state index is 0.0537. The molecule has 140 valence electrons. The molecule has 26 heavy (non-hydrogen) atoms. The van der Waals surface area contributed by atoms with Crippen LogP contribution in [0.15, 0.2) is 64.5 Å². The van der Waals surface area contributed by atoms with Crippen molar-refractivity contribution in [3.8, 4) is 0 Å². The summed E-state index contributed by atoms with van der Waals surface area (Å²) in [6, 6.07) is 15.3. The highest BCUT2D eigenvalue weighted by atomic mass is 32.2. The predicted molar refractivity (Wildman–Crippen MR) is 102 cm³/mol. The number of nitrogens with zero attached hydrogens (tertiary/aromatic N) is 2. The summed E-state index contributed by atoms with van der Waals surface area (Å²) in [5.74, 6) is -0.369. The summed E-state index contributed by atoms with van der Waals surface area (Å²) >= 11 is 0. The molecule has 2 aromatic carbocycles. The van der Waals surface area contributed by atoms with Gasteiger partial charge in [-0.05, 0) is 24.6 Å². The van der Waals surface area contributed by atoms with E-state index in [0.29, 0.717) is 19.0 Å². The van der Waals surface area contributed by atoms with Crippen LogP contribution in [0.4, 0.5) is 4.39 Å². The predicted octanol–water partition coefficient (Wildman–Crippen LogP) is 2.70. The van der Waals surface area contributed by atoms with Gasteiger partial charge in [0.05, 0.1) is 12.3 Å². The Hall–Kier alpha value is -2.41. The van der Waals surface area contributed by atoms with Crippen LogP contribution >= 0.6 is 0 Å². The molecule has 0 aromatic heterocycles. The number of halogens is 1. The Labute approximate surface area is 154 Å². The van der Waals surface area contributed by atoms with Crippen LogP contribution < -0.4 is 5.32 Å². The second kappa shape index (κ2) is 9.33. The minimum atomic E-state index is -3.71. The third-order valence-corrected chi connectivity index (χ3v) is 5.47. The van der Waals surface area contributed by atoms with Gasteiger partial charge in [0.25, 0.3) is 0 Å². The van der Waals surface area contributed by atoms with Crippen LogP contribution in [0.1, 0.15) is 12.5 Å². The van der Waals surface area contributed by atoms with E-state index in [4.69, 9.17) is 0 Å². The van der Waals surface area contributed by atoms with Crippen molar-refractivity contribution in [3.05, 3.63) is 66.0 Å². The van der Waals surface area contributed by atoms with Crippen molar-refractivity contribution in [2.75, 3.05) is 25.9 Å². The molecule has 1 N–H and O–H groups in total. The summed E-state index contributed by atoms with van der Waals surface area (Å²) in [6.45, 7) is 3.31. The third kappa shape index (κ3) is 5.56. The molecule has 0 aliphatic heterocycles. The van der Waals surface area contributed by atoms with Gasteiger partial charge in [-0.3, -0.25) is 4.99 Å². The topological polar surface area (TPSA) is 61.8 Å². The molecule has 0 amide bonds. The Bertz CT molecular complexity index is 839. The number of rotatable bonds is 7. The second-order valence-electron chi connectivity index (χ2n) is 5.83. The Balaban J connectivity index is 2.05. The first-order valence-corrected chi connectivity index (χ1v) is 10.1. The van der Waals surface area contributed by atoms with E-state index < -0.39 is 15.7 Å². The van der Waals surface area contributed by atoms with Crippen LogP contribution in [0, 0.1) is 5.82 Å². The number of nitrogens with one attached hydrogen (secondary N) is 1. The van der Waals surface area contributed by atoms with E-state index in [-0.39, 0.29) is 17.2 Å². The van der Waals surface area contributed by atoms with Crippen LogP contribution in [-0.2, 0) is 16.4 Å². The van der Waals surface area contributed by atoms with Crippen LogP contribution in [-0.4, -0.2) is 45.2 Å². The molecular weight excluding hydrogens is 353 g/mol. The zero-order chi connectivity index (χ0) is 19.0. The first-order chi connectivity index (χ1) is 12.4. The molecule has 7 heteroatoms. The molecule has 0 saturated carbocycles. The van der Waals surface area contributed by atoms with Gasteiger partial charge in [0.15, 0.2) is 15.8 Å². The standard InChI is InChI=1S/C19H24FN3O2S/c1-3-21-19(23(2)15-16-9-5-4-6-10-16)22-13-14-26(24,25)18-12-8-7-11-17(18)20/h4-12H,3,13-15H2,1-2H3,(H,21,22). The fraction of sp³-hybridized carbons (Fsp3) is 0.316. The maximum Gasteiger partial charge on any atom is 0.193 e. The van der Waals surface area contributed by atoms with Gasteiger partial charge in [-0.2, -0.15) is 0 Å². The number of hydrogen-bond acceptors (Lipinski definition) is 3. The van der Waals surface area contributed by atoms with Gasteiger partial charge >= 0.3 is 0 Å². The summed E-state index contributed by atoms with van der Waals surface area (Å²) in [4.78, 5) is 6.03. The smallest absolute Gasteiger partial charge is 0.193 e. The van der Waals surface area contributed by atoms with Crippen molar-refractivity contribution in [2.24, 2.45) is 4.99 Å². The summed E-state index contributed by atoms with van der Waals surface area (Å²) in [7, 11) is -1.83. The van der Waals surface area contributed by atoms with Crippen molar-refractivity contribution >= 4 is 15.8 Å². The first-order valence-electron chi connectivity index (χ1n) is 8.44. The minimum Gasteiger partial charge on any atom is -0.357 e. The molecule has 0 bridgehead atoms. The van der Waals surface area contributed by atoms with Gasteiger partial charge in [-0.25, -0.2) is 12.8 Å². The summed E-state index contributed by atoms with van der Waals surface area (Å²) < 4.78 is 38.3. The molecule has 0 heterocycles. The Morgan fingerprint density at radius 2 is 1.77 bits per heavy atom. The molecule has 0 aliphatic carbocycles. The van der Waals surface area contributed by atoms with Gasteiger partial charge < -0.3 is 10.2 Å². The van der Waals surface area contributed by atoms with Crippen LogP contribution in [0.2, 0.25) is 0 Å². The molecule has 0 aliphatic rings. The van der Waals surface area contributed by atoms with E-state index >= 15 is 0 Å². The van der Waals surface area contributed by atoms with Gasteiger partial charge in [0, 0.05) is 20.1 Å². The highest BCUT2D eigenvalue weighted by Crippen LogP contribution is 2.15. The number of guanidine groups is 1. The van der Waals surface area contributed by atoms with E-state index in [1.54, 1.807) is 0 Å². The molecule has 0 atom stereocenters. The molecule has 0 fully saturated rings. The number of aliphatic imine (C=N–C) groups is 1. The molecule has 2 rings (SSSR count). The van der Waals surface area contributed by atoms with Crippen molar-refractivity contribution in [3.63, 3.8) is 0 Å². The second-order valence-corrected chi connectivity index (χ2v) is 7.90. The number of hydrogen-bond donors (Lipinski definition) is 1. The van der Waals surface area contributed by atoms with Crippen LogP contribution in [0.3, 0.4) is 0 Å². The van der Waals surface area contributed by atoms with Crippen molar-refractivity contribution in [2.45, 2.75) is 18.4 Å². The maximum absolute atomic E-state index is 13.7. The quantitative estimate of drug-likeness (QED) is 0.595. The van der Waals surface area contributed by atoms with Crippen LogP contribution in [0.25, 0.3) is 0 Å². The largest absolute Gasteiger partial charge is 0.357 e. The van der Waals surface area contributed by atoms with Gasteiger partial charge in [-0.15, -0.1) is 0 Å². The lowest BCUT2D eigenvalue weighted by atomic mass is 10.2. The van der Waals surface area contributed by atoms with E-state index in [1.807, 2.05) is 49.2 Å². The van der Waals surface area contributed by atoms with Crippen molar-refractivity contribution in [1.82, 2.24) is 10.2 Å². The first kappa shape index (κ1) is 19.9. The third-order valence-electron chi connectivity index (χ3n) is 3.75. The molecule has 0 unspecified atom stereocenters. The lowest BCUT2D eigenvalue weighted by molar-refractivity contribution is 0.477. The van der Waals surface area contributed by atoms with E-state index in [1.165, 1.54) is 18.2 Å². The summed E-state index contributed by atoms with van der Waals surface area (Å²) in [5.41, 5.74) is 1.12. The number of benzene rings is 2. The Morgan fingerprint density at radius 3 is 2.42 bits per heavy atom. The Morgan fingerprint density at radius 1 is 1.12 bits per heavy atom. The van der Waals surface area contributed by atoms with E-state index in [2.05, 4.69) is 10.3 Å². The van der Waals surface area contributed by atoms with Crippen molar-refractivity contribution < 1.29 is 12.8 Å². The molecule has 0 radical (unpaired) electrons. The van der Waals surface area contributed by atoms with Gasteiger partial charge in [0.2, 0.25) is 0 Å². The van der Waals surface area contributed by atoms with E-state index in [9.17, 15) is 12.8 Å². The summed E-state index contributed by atoms with van der Waals surface area (Å²) in [5, 5.41) is 3.15. The molecular formula is C19H24FN3O2S. The zero-order valence-corrected chi connectivity index (χ0v) is 15.8. The molecule has 0 spiro atoms. The average Bonchev–Trinajstić information content (AvgIpc) is 2.62. The zero-order valence-electron chi connectivity index (χ0n) is 15.0. The lowest BCUT2D eigenvalue weighted by Crippen LogP contribution is -2.38. The monoisotopic (exact) mass is 377 g/mol. The Kier molecular flexibility index (Phi) is 7.15. The molecule has 5 nitrogen and oxygen atoms in total. The number of sulfone groups is 1. The maximum atomic E-state index is 13.7. The highest BCUT2D eigenvalue weighted by molar-refractivity contribution is 7.91. The normalized spacial score (nSPS) is 12.0. The molecule has 0 saturated heterocycles. The lowest BCUT2D eigenvalue weighted by Gasteiger charge is -2.22. The van der Waals surface area contributed by atoms with Gasteiger partial charge in [-0.1, -0.05) is 42.5 Å². The fourth-order valence-electron chi connectivity index (χ4n) is 2.48. The summed E-state index contributed by atoms with van der Waals surface area (Å²) in [6.07, 6.45) is 0.